The number of aromatic hydroxyl groups is 1. The molecule has 0 atom stereocenters. The van der Waals surface area contributed by atoms with Crippen LogP contribution >= 0.6 is 43.2 Å². The van der Waals surface area contributed by atoms with E-state index in [1.807, 2.05) is 6.07 Å². The molecular weight excluding hydrogens is 316 g/mol. The van der Waals surface area contributed by atoms with E-state index >= 15 is 0 Å². The fraction of sp³-hybridized carbons (Fsp3) is 0.111. The number of halogens is 2. The first-order valence-corrected chi connectivity index (χ1v) is 6.40. The standard InChI is InChI=1S/C9H6Br2OS/c10-4-7-2-5-1-6(11)3-8(12)9(5)13-7/h1-3,12H,4H2. The maximum absolute atomic E-state index is 9.63. The summed E-state index contributed by atoms with van der Waals surface area (Å²) in [7, 11) is 0. The van der Waals surface area contributed by atoms with Crippen molar-refractivity contribution in [3.05, 3.63) is 27.5 Å². The molecule has 2 aromatic rings. The van der Waals surface area contributed by atoms with Crippen molar-refractivity contribution in [1.29, 1.82) is 0 Å². The molecule has 0 saturated carbocycles. The Morgan fingerprint density at radius 3 is 2.77 bits per heavy atom. The molecule has 0 saturated heterocycles. The van der Waals surface area contributed by atoms with E-state index in [1.54, 1.807) is 17.4 Å². The molecule has 0 spiro atoms. The number of phenols is 1. The summed E-state index contributed by atoms with van der Waals surface area (Å²) in [5.74, 6) is 0.349. The second kappa shape index (κ2) is 3.59. The Bertz CT molecular complexity index is 450. The van der Waals surface area contributed by atoms with Gasteiger partial charge in [-0.1, -0.05) is 31.9 Å². The van der Waals surface area contributed by atoms with Gasteiger partial charge in [0.2, 0.25) is 0 Å². The van der Waals surface area contributed by atoms with Crippen molar-refractivity contribution in [2.75, 3.05) is 0 Å². The average molecular weight is 322 g/mol. The second-order valence-corrected chi connectivity index (χ2v) is 5.30. The fourth-order valence-corrected chi connectivity index (χ4v) is 3.09. The predicted octanol–water partition coefficient (Wildman–Crippen LogP) is 4.26. The molecule has 1 heterocycles. The van der Waals surface area contributed by atoms with Gasteiger partial charge in [0.15, 0.2) is 0 Å². The number of alkyl halides is 1. The molecule has 0 amide bonds. The summed E-state index contributed by atoms with van der Waals surface area (Å²) in [5.41, 5.74) is 0. The summed E-state index contributed by atoms with van der Waals surface area (Å²) < 4.78 is 1.87. The Kier molecular flexibility index (Phi) is 2.62. The van der Waals surface area contributed by atoms with E-state index in [9.17, 15) is 5.11 Å². The maximum Gasteiger partial charge on any atom is 0.134 e. The topological polar surface area (TPSA) is 20.2 Å². The summed E-state index contributed by atoms with van der Waals surface area (Å²) in [4.78, 5) is 1.23. The first kappa shape index (κ1) is 9.49. The van der Waals surface area contributed by atoms with Crippen LogP contribution in [0.1, 0.15) is 4.88 Å². The molecule has 4 heteroatoms. The van der Waals surface area contributed by atoms with Crippen molar-refractivity contribution >= 4 is 53.3 Å². The van der Waals surface area contributed by atoms with E-state index in [1.165, 1.54) is 4.88 Å². The van der Waals surface area contributed by atoms with Gasteiger partial charge in [-0.05, 0) is 23.6 Å². The minimum atomic E-state index is 0.349. The van der Waals surface area contributed by atoms with Crippen LogP contribution in [0.15, 0.2) is 22.7 Å². The number of phenolic OH excluding ortho intramolecular Hbond substituents is 1. The normalized spacial score (nSPS) is 10.9. The smallest absolute Gasteiger partial charge is 0.134 e. The van der Waals surface area contributed by atoms with Crippen LogP contribution in [0, 0.1) is 0 Å². The number of rotatable bonds is 1. The van der Waals surface area contributed by atoms with Crippen LogP contribution in [-0.2, 0) is 5.33 Å². The molecular formula is C9H6Br2OS. The molecule has 0 aliphatic rings. The van der Waals surface area contributed by atoms with Crippen LogP contribution in [0.25, 0.3) is 10.1 Å². The lowest BCUT2D eigenvalue weighted by atomic mass is 10.2. The van der Waals surface area contributed by atoms with Gasteiger partial charge in [0, 0.05) is 14.7 Å². The van der Waals surface area contributed by atoms with Crippen molar-refractivity contribution in [3.63, 3.8) is 0 Å². The first-order chi connectivity index (χ1) is 6.20. The van der Waals surface area contributed by atoms with Gasteiger partial charge in [-0.25, -0.2) is 0 Å². The molecule has 0 bridgehead atoms. The van der Waals surface area contributed by atoms with Gasteiger partial charge in [-0.2, -0.15) is 0 Å². The van der Waals surface area contributed by atoms with E-state index in [2.05, 4.69) is 37.9 Å². The van der Waals surface area contributed by atoms with Crippen LogP contribution < -0.4 is 0 Å². The van der Waals surface area contributed by atoms with Gasteiger partial charge in [-0.3, -0.25) is 0 Å². The Morgan fingerprint density at radius 1 is 1.31 bits per heavy atom. The highest BCUT2D eigenvalue weighted by Gasteiger charge is 2.06. The molecule has 2 rings (SSSR count). The molecule has 0 fully saturated rings. The maximum atomic E-state index is 9.63. The molecule has 0 radical (unpaired) electrons. The van der Waals surface area contributed by atoms with Crippen molar-refractivity contribution < 1.29 is 5.11 Å². The van der Waals surface area contributed by atoms with Gasteiger partial charge in [-0.15, -0.1) is 11.3 Å². The van der Waals surface area contributed by atoms with Gasteiger partial charge < -0.3 is 5.11 Å². The quantitative estimate of drug-likeness (QED) is 0.778. The van der Waals surface area contributed by atoms with Crippen molar-refractivity contribution in [3.8, 4) is 5.75 Å². The molecule has 1 nitrogen and oxygen atoms in total. The molecule has 0 aliphatic carbocycles. The van der Waals surface area contributed by atoms with E-state index < -0.39 is 0 Å². The molecule has 68 valence electrons. The molecule has 1 aromatic heterocycles. The van der Waals surface area contributed by atoms with E-state index in [0.717, 1.165) is 19.9 Å². The number of fused-ring (bicyclic) bond motifs is 1. The third-order valence-electron chi connectivity index (χ3n) is 1.74. The minimum absolute atomic E-state index is 0.349. The summed E-state index contributed by atoms with van der Waals surface area (Å²) in [6, 6.07) is 5.81. The van der Waals surface area contributed by atoms with Crippen molar-refractivity contribution in [2.24, 2.45) is 0 Å². The van der Waals surface area contributed by atoms with Crippen molar-refractivity contribution in [1.82, 2.24) is 0 Å². The first-order valence-electron chi connectivity index (χ1n) is 3.67. The molecule has 1 aromatic carbocycles. The monoisotopic (exact) mass is 320 g/mol. The largest absolute Gasteiger partial charge is 0.506 e. The Morgan fingerprint density at radius 2 is 2.08 bits per heavy atom. The third kappa shape index (κ3) is 1.75. The van der Waals surface area contributed by atoms with Crippen LogP contribution in [0.3, 0.4) is 0 Å². The van der Waals surface area contributed by atoms with Gasteiger partial charge in [0.1, 0.15) is 5.75 Å². The van der Waals surface area contributed by atoms with E-state index in [-0.39, 0.29) is 0 Å². The van der Waals surface area contributed by atoms with Gasteiger partial charge in [0.25, 0.3) is 0 Å². The SMILES string of the molecule is Oc1cc(Br)cc2cc(CBr)sc12. The van der Waals surface area contributed by atoms with Crippen LogP contribution in [0.4, 0.5) is 0 Å². The van der Waals surface area contributed by atoms with Crippen molar-refractivity contribution in [2.45, 2.75) is 5.33 Å². The Hall–Kier alpha value is -0.0600. The van der Waals surface area contributed by atoms with Crippen LogP contribution in [0.5, 0.6) is 5.75 Å². The number of hydrogen-bond donors (Lipinski definition) is 1. The summed E-state index contributed by atoms with van der Waals surface area (Å²) in [6.45, 7) is 0. The molecule has 0 aliphatic heterocycles. The summed E-state index contributed by atoms with van der Waals surface area (Å²) >= 11 is 8.36. The highest BCUT2D eigenvalue weighted by Crippen LogP contribution is 2.36. The average Bonchev–Trinajstić information content (AvgIpc) is 2.47. The van der Waals surface area contributed by atoms with Crippen LogP contribution in [-0.4, -0.2) is 5.11 Å². The highest BCUT2D eigenvalue weighted by molar-refractivity contribution is 9.10. The van der Waals surface area contributed by atoms with E-state index in [0.29, 0.717) is 5.75 Å². The zero-order chi connectivity index (χ0) is 9.42. The molecule has 1 N–H and O–H groups in total. The lowest BCUT2D eigenvalue weighted by Gasteiger charge is -1.94. The van der Waals surface area contributed by atoms with Gasteiger partial charge >= 0.3 is 0 Å². The lowest BCUT2D eigenvalue weighted by molar-refractivity contribution is 0.482. The third-order valence-corrected chi connectivity index (χ3v) is 4.35. The van der Waals surface area contributed by atoms with E-state index in [4.69, 9.17) is 0 Å². The zero-order valence-electron chi connectivity index (χ0n) is 6.55. The molecule has 0 unspecified atom stereocenters. The summed E-state index contributed by atoms with van der Waals surface area (Å²) in [6.07, 6.45) is 0. The zero-order valence-corrected chi connectivity index (χ0v) is 10.5. The predicted molar refractivity (Wildman–Crippen MR) is 63.8 cm³/mol. The second-order valence-electron chi connectivity index (χ2n) is 2.69. The number of thiophene rings is 1. The number of benzene rings is 1. The highest BCUT2D eigenvalue weighted by atomic mass is 79.9. The number of hydrogen-bond acceptors (Lipinski definition) is 2. The van der Waals surface area contributed by atoms with Crippen LogP contribution in [0.2, 0.25) is 0 Å². The minimum Gasteiger partial charge on any atom is -0.506 e. The Labute approximate surface area is 96.6 Å². The fourth-order valence-electron chi connectivity index (χ4n) is 1.22. The Balaban J connectivity index is 2.75. The summed E-state index contributed by atoms with van der Waals surface area (Å²) in [5, 5.41) is 11.6. The molecule has 13 heavy (non-hydrogen) atoms. The van der Waals surface area contributed by atoms with Gasteiger partial charge in [0.05, 0.1) is 4.70 Å². The lowest BCUT2D eigenvalue weighted by Crippen LogP contribution is -1.66.